The smallest absolute Gasteiger partial charge is 0.394 e. The van der Waals surface area contributed by atoms with Crippen molar-refractivity contribution in [2.45, 2.75) is 32.1 Å². The number of carbonyl (C=O) groups excluding carboxylic acids is 1. The van der Waals surface area contributed by atoms with Crippen LogP contribution in [0.5, 0.6) is 0 Å². The zero-order valence-corrected chi connectivity index (χ0v) is 19.9. The van der Waals surface area contributed by atoms with Gasteiger partial charge in [-0.25, -0.2) is 0 Å². The average Bonchev–Trinajstić information content (AvgIpc) is 3.43. The van der Waals surface area contributed by atoms with E-state index >= 15 is 0 Å². The maximum absolute atomic E-state index is 13.1. The van der Waals surface area contributed by atoms with Gasteiger partial charge in [-0.15, -0.1) is 0 Å². The molecule has 7 nitrogen and oxygen atoms in total. The van der Waals surface area contributed by atoms with E-state index in [0.29, 0.717) is 34.7 Å². The van der Waals surface area contributed by atoms with Crippen molar-refractivity contribution >= 4 is 27.8 Å². The molecule has 5 rings (SSSR count). The van der Waals surface area contributed by atoms with Crippen molar-refractivity contribution in [2.24, 2.45) is 0 Å². The minimum atomic E-state index is -4.43. The lowest BCUT2D eigenvalue weighted by atomic mass is 10.1. The monoisotopic (exact) mass is 507 g/mol. The number of amides is 1. The maximum atomic E-state index is 13.1. The van der Waals surface area contributed by atoms with Crippen molar-refractivity contribution in [3.05, 3.63) is 89.9 Å². The minimum Gasteiger partial charge on any atom is -0.394 e. The fourth-order valence-corrected chi connectivity index (χ4v) is 4.41. The van der Waals surface area contributed by atoms with Gasteiger partial charge in [0.15, 0.2) is 5.65 Å². The summed E-state index contributed by atoms with van der Waals surface area (Å²) in [5, 5.41) is 18.8. The fraction of sp³-hybridized carbons (Fsp3) is 0.222. The first kappa shape index (κ1) is 24.5. The van der Waals surface area contributed by atoms with E-state index in [1.165, 1.54) is 12.1 Å². The van der Waals surface area contributed by atoms with Crippen molar-refractivity contribution in [1.82, 2.24) is 24.6 Å². The number of rotatable bonds is 7. The van der Waals surface area contributed by atoms with Crippen LogP contribution < -0.4 is 5.32 Å². The molecular formula is C27H24F3N5O2. The molecule has 3 heterocycles. The summed E-state index contributed by atoms with van der Waals surface area (Å²) in [6, 6.07) is 14.6. The standard InChI is InChI=1S/C27H24F3N5O2/c1-2-13-34-15-21-20-14-17(26(37)32-23(16-36)22-5-3-4-12-31-22)6-11-24(20)35(25(21)33-34)19-9-7-18(8-10-19)27(28,29)30/h3-12,14-15,23,36H,2,13,16H2,1H3,(H,32,37)/t23-/m0/s1. The second kappa shape index (κ2) is 9.70. The molecule has 2 N–H and O–H groups in total. The second-order valence-electron chi connectivity index (χ2n) is 8.70. The lowest BCUT2D eigenvalue weighted by molar-refractivity contribution is -0.137. The molecule has 0 radical (unpaired) electrons. The lowest BCUT2D eigenvalue weighted by Crippen LogP contribution is -2.31. The van der Waals surface area contributed by atoms with Crippen LogP contribution in [0.3, 0.4) is 0 Å². The van der Waals surface area contributed by atoms with Crippen LogP contribution in [0.15, 0.2) is 73.1 Å². The zero-order chi connectivity index (χ0) is 26.2. The number of pyridine rings is 1. The normalized spacial score (nSPS) is 12.8. The van der Waals surface area contributed by atoms with Gasteiger partial charge in [0, 0.05) is 41.0 Å². The molecule has 0 bridgehead atoms. The number of aryl methyl sites for hydroxylation is 1. The van der Waals surface area contributed by atoms with E-state index in [-0.39, 0.29) is 12.5 Å². The number of benzene rings is 2. The zero-order valence-electron chi connectivity index (χ0n) is 19.9. The Kier molecular flexibility index (Phi) is 6.43. The molecule has 5 aromatic rings. The number of aliphatic hydroxyl groups is 1. The molecule has 0 fully saturated rings. The van der Waals surface area contributed by atoms with Gasteiger partial charge in [-0.3, -0.25) is 19.0 Å². The highest BCUT2D eigenvalue weighted by Gasteiger charge is 2.30. The highest BCUT2D eigenvalue weighted by atomic mass is 19.4. The van der Waals surface area contributed by atoms with Crippen LogP contribution in [0.1, 0.15) is 41.0 Å². The van der Waals surface area contributed by atoms with E-state index in [9.17, 15) is 23.1 Å². The molecule has 1 atom stereocenters. The molecular weight excluding hydrogens is 483 g/mol. The summed E-state index contributed by atoms with van der Waals surface area (Å²) in [6.07, 6.45) is -0.107. The van der Waals surface area contributed by atoms with Crippen molar-refractivity contribution in [3.8, 4) is 5.69 Å². The van der Waals surface area contributed by atoms with Gasteiger partial charge in [0.25, 0.3) is 5.91 Å². The SMILES string of the molecule is CCCn1cc2c3cc(C(=O)N[C@@H](CO)c4ccccn4)ccc3n(-c3ccc(C(F)(F)F)cc3)c2n1. The predicted molar refractivity (Wildman–Crippen MR) is 133 cm³/mol. The van der Waals surface area contributed by atoms with Crippen molar-refractivity contribution in [1.29, 1.82) is 0 Å². The molecule has 0 aliphatic rings. The van der Waals surface area contributed by atoms with Gasteiger partial charge >= 0.3 is 6.18 Å². The highest BCUT2D eigenvalue weighted by Crippen LogP contribution is 2.34. The third-order valence-corrected chi connectivity index (χ3v) is 6.18. The summed E-state index contributed by atoms with van der Waals surface area (Å²) in [7, 11) is 0. The van der Waals surface area contributed by atoms with E-state index in [1.54, 1.807) is 51.8 Å². The molecule has 1 amide bonds. The van der Waals surface area contributed by atoms with Gasteiger partial charge in [-0.2, -0.15) is 18.3 Å². The van der Waals surface area contributed by atoms with E-state index in [1.807, 2.05) is 13.1 Å². The molecule has 0 aliphatic carbocycles. The third-order valence-electron chi connectivity index (χ3n) is 6.18. The molecule has 10 heteroatoms. The van der Waals surface area contributed by atoms with Crippen LogP contribution in [0.2, 0.25) is 0 Å². The Hall–Kier alpha value is -4.18. The summed E-state index contributed by atoms with van der Waals surface area (Å²) in [5.41, 5.74) is 2.00. The van der Waals surface area contributed by atoms with Gasteiger partial charge in [0.05, 0.1) is 29.4 Å². The van der Waals surface area contributed by atoms with Gasteiger partial charge in [0.1, 0.15) is 0 Å². The van der Waals surface area contributed by atoms with Crippen molar-refractivity contribution in [3.63, 3.8) is 0 Å². The number of aromatic nitrogens is 4. The summed E-state index contributed by atoms with van der Waals surface area (Å²) in [4.78, 5) is 17.3. The van der Waals surface area contributed by atoms with E-state index in [2.05, 4.69) is 15.4 Å². The Morgan fingerprint density at radius 2 is 1.86 bits per heavy atom. The Labute approximate surface area is 210 Å². The number of aliphatic hydroxyl groups excluding tert-OH is 1. The van der Waals surface area contributed by atoms with Crippen molar-refractivity contribution in [2.75, 3.05) is 6.61 Å². The Bertz CT molecular complexity index is 1560. The number of hydrogen-bond donors (Lipinski definition) is 2. The number of alkyl halides is 3. The van der Waals surface area contributed by atoms with Crippen molar-refractivity contribution < 1.29 is 23.1 Å². The average molecular weight is 508 g/mol. The molecule has 2 aromatic carbocycles. The highest BCUT2D eigenvalue weighted by molar-refractivity contribution is 6.10. The van der Waals surface area contributed by atoms with E-state index in [0.717, 1.165) is 29.3 Å². The third kappa shape index (κ3) is 4.67. The van der Waals surface area contributed by atoms with E-state index in [4.69, 9.17) is 0 Å². The predicted octanol–water partition coefficient (Wildman–Crippen LogP) is 5.27. The van der Waals surface area contributed by atoms with Gasteiger partial charge in [-0.1, -0.05) is 13.0 Å². The molecule has 0 saturated carbocycles. The van der Waals surface area contributed by atoms with E-state index < -0.39 is 17.8 Å². The van der Waals surface area contributed by atoms with Crippen LogP contribution in [-0.4, -0.2) is 37.0 Å². The Morgan fingerprint density at radius 3 is 2.51 bits per heavy atom. The lowest BCUT2D eigenvalue weighted by Gasteiger charge is -2.16. The maximum Gasteiger partial charge on any atom is 0.416 e. The first-order valence-corrected chi connectivity index (χ1v) is 11.8. The van der Waals surface area contributed by atoms with Crippen LogP contribution in [-0.2, 0) is 12.7 Å². The number of halogens is 3. The number of nitrogens with one attached hydrogen (secondary N) is 1. The Balaban J connectivity index is 1.58. The number of hydrogen-bond acceptors (Lipinski definition) is 4. The van der Waals surface area contributed by atoms with Crippen LogP contribution in [0.25, 0.3) is 27.6 Å². The molecule has 0 spiro atoms. The molecule has 0 aliphatic heterocycles. The summed E-state index contributed by atoms with van der Waals surface area (Å²) in [6.45, 7) is 2.38. The number of fused-ring (bicyclic) bond motifs is 3. The number of nitrogens with zero attached hydrogens (tertiary/aromatic N) is 4. The number of carbonyl (C=O) groups is 1. The van der Waals surface area contributed by atoms with Gasteiger partial charge in [-0.05, 0) is 61.0 Å². The Morgan fingerprint density at radius 1 is 1.08 bits per heavy atom. The first-order valence-electron chi connectivity index (χ1n) is 11.8. The molecule has 3 aromatic heterocycles. The van der Waals surface area contributed by atoms with Crippen LogP contribution in [0.4, 0.5) is 13.2 Å². The minimum absolute atomic E-state index is 0.316. The topological polar surface area (TPSA) is 85.0 Å². The molecule has 0 unspecified atom stereocenters. The quantitative estimate of drug-likeness (QED) is 0.315. The first-order chi connectivity index (χ1) is 17.8. The van der Waals surface area contributed by atoms with Crippen LogP contribution in [0, 0.1) is 0 Å². The summed E-state index contributed by atoms with van der Waals surface area (Å²) in [5.74, 6) is -0.386. The van der Waals surface area contributed by atoms with Gasteiger partial charge < -0.3 is 10.4 Å². The molecule has 37 heavy (non-hydrogen) atoms. The summed E-state index contributed by atoms with van der Waals surface area (Å²) < 4.78 is 42.9. The fourth-order valence-electron chi connectivity index (χ4n) is 4.41. The second-order valence-corrected chi connectivity index (χ2v) is 8.70. The molecule has 0 saturated heterocycles. The van der Waals surface area contributed by atoms with Crippen LogP contribution >= 0.6 is 0 Å². The van der Waals surface area contributed by atoms with Gasteiger partial charge in [0.2, 0.25) is 0 Å². The molecule has 190 valence electrons. The largest absolute Gasteiger partial charge is 0.416 e. The summed E-state index contributed by atoms with van der Waals surface area (Å²) >= 11 is 0.